The minimum atomic E-state index is -0.285. The third-order valence-electron chi connectivity index (χ3n) is 4.45. The van der Waals surface area contributed by atoms with Crippen LogP contribution in [0.3, 0.4) is 0 Å². The smallest absolute Gasteiger partial charge is 0.213 e. The Labute approximate surface area is 190 Å². The van der Waals surface area contributed by atoms with Crippen molar-refractivity contribution in [3.8, 4) is 17.4 Å². The Morgan fingerprint density at radius 2 is 1.77 bits per heavy atom. The number of aromatic nitrogens is 1. The van der Waals surface area contributed by atoms with Gasteiger partial charge >= 0.3 is 0 Å². The summed E-state index contributed by atoms with van der Waals surface area (Å²) in [6, 6.07) is 16.0. The lowest BCUT2D eigenvalue weighted by atomic mass is 10.2. The number of benzene rings is 2. The molecule has 2 aromatic carbocycles. The molecule has 1 aromatic heterocycles. The minimum Gasteiger partial charge on any atom is -0.490 e. The van der Waals surface area contributed by atoms with E-state index in [-0.39, 0.29) is 12.4 Å². The molecule has 5 nitrogen and oxygen atoms in total. The molecule has 1 heterocycles. The molecular weight excluding hydrogens is 463 g/mol. The Balaban J connectivity index is 1.52. The molecular formula is C24H26BrFN2O3. The number of pyridine rings is 1. The van der Waals surface area contributed by atoms with Crippen LogP contribution in [-0.2, 0) is 13.2 Å². The maximum absolute atomic E-state index is 13.9. The average molecular weight is 489 g/mol. The van der Waals surface area contributed by atoms with Gasteiger partial charge in [0.1, 0.15) is 12.4 Å². The van der Waals surface area contributed by atoms with E-state index in [1.807, 2.05) is 37.3 Å². The molecule has 0 aliphatic heterocycles. The SMILES string of the molecule is CCOc1cc(CNCCCOc2ccccn2)c(Br)cc1OCc1ccccc1F. The molecule has 0 radical (unpaired) electrons. The molecule has 31 heavy (non-hydrogen) atoms. The first-order chi connectivity index (χ1) is 15.2. The van der Waals surface area contributed by atoms with E-state index in [1.54, 1.807) is 24.4 Å². The Kier molecular flexibility index (Phi) is 9.12. The zero-order chi connectivity index (χ0) is 21.9. The van der Waals surface area contributed by atoms with Gasteiger partial charge < -0.3 is 19.5 Å². The summed E-state index contributed by atoms with van der Waals surface area (Å²) in [5, 5.41) is 3.41. The number of ether oxygens (including phenoxy) is 3. The highest BCUT2D eigenvalue weighted by Gasteiger charge is 2.12. The molecule has 0 amide bonds. The lowest BCUT2D eigenvalue weighted by Crippen LogP contribution is -2.17. The zero-order valence-corrected chi connectivity index (χ0v) is 19.0. The summed E-state index contributed by atoms with van der Waals surface area (Å²) in [6.45, 7) is 4.62. The van der Waals surface area contributed by atoms with Gasteiger partial charge in [-0.25, -0.2) is 9.37 Å². The van der Waals surface area contributed by atoms with Crippen LogP contribution in [0.1, 0.15) is 24.5 Å². The predicted molar refractivity (Wildman–Crippen MR) is 122 cm³/mol. The maximum atomic E-state index is 13.9. The van der Waals surface area contributed by atoms with Crippen LogP contribution in [0.2, 0.25) is 0 Å². The molecule has 0 saturated heterocycles. The lowest BCUT2D eigenvalue weighted by Gasteiger charge is -2.16. The fraction of sp³-hybridized carbons (Fsp3) is 0.292. The van der Waals surface area contributed by atoms with Crippen LogP contribution in [0.5, 0.6) is 17.4 Å². The van der Waals surface area contributed by atoms with Crippen LogP contribution in [0.4, 0.5) is 4.39 Å². The van der Waals surface area contributed by atoms with Gasteiger partial charge in [0.05, 0.1) is 13.2 Å². The molecule has 3 aromatic rings. The predicted octanol–water partition coefficient (Wildman–Crippen LogP) is 5.52. The summed E-state index contributed by atoms with van der Waals surface area (Å²) in [5.41, 5.74) is 1.55. The first kappa shape index (κ1) is 23.0. The van der Waals surface area contributed by atoms with Crippen molar-refractivity contribution in [1.29, 1.82) is 0 Å². The fourth-order valence-electron chi connectivity index (χ4n) is 2.89. The van der Waals surface area contributed by atoms with Crippen LogP contribution in [0.25, 0.3) is 0 Å². The van der Waals surface area contributed by atoms with E-state index in [9.17, 15) is 4.39 Å². The van der Waals surface area contributed by atoms with Gasteiger partial charge in [-0.3, -0.25) is 0 Å². The molecule has 0 bridgehead atoms. The number of rotatable bonds is 12. The summed E-state index contributed by atoms with van der Waals surface area (Å²) in [6.07, 6.45) is 2.57. The van der Waals surface area contributed by atoms with Crippen molar-refractivity contribution in [2.24, 2.45) is 0 Å². The van der Waals surface area contributed by atoms with E-state index in [2.05, 4.69) is 26.2 Å². The zero-order valence-electron chi connectivity index (χ0n) is 17.4. The largest absolute Gasteiger partial charge is 0.490 e. The van der Waals surface area contributed by atoms with Gasteiger partial charge in [-0.05, 0) is 49.7 Å². The molecule has 1 N–H and O–H groups in total. The third-order valence-corrected chi connectivity index (χ3v) is 5.19. The fourth-order valence-corrected chi connectivity index (χ4v) is 3.36. The van der Waals surface area contributed by atoms with Crippen molar-refractivity contribution in [2.75, 3.05) is 19.8 Å². The van der Waals surface area contributed by atoms with E-state index >= 15 is 0 Å². The topological polar surface area (TPSA) is 52.6 Å². The van der Waals surface area contributed by atoms with Crippen molar-refractivity contribution in [3.63, 3.8) is 0 Å². The molecule has 164 valence electrons. The molecule has 7 heteroatoms. The first-order valence-corrected chi connectivity index (χ1v) is 11.0. The summed E-state index contributed by atoms with van der Waals surface area (Å²) in [4.78, 5) is 4.13. The van der Waals surface area contributed by atoms with Crippen molar-refractivity contribution < 1.29 is 18.6 Å². The van der Waals surface area contributed by atoms with Crippen LogP contribution in [0, 0.1) is 5.82 Å². The minimum absolute atomic E-state index is 0.132. The number of hydrogen-bond acceptors (Lipinski definition) is 5. The number of nitrogens with one attached hydrogen (secondary N) is 1. The van der Waals surface area contributed by atoms with Gasteiger partial charge in [-0.2, -0.15) is 0 Å². The number of hydrogen-bond donors (Lipinski definition) is 1. The quantitative estimate of drug-likeness (QED) is 0.340. The summed E-state index contributed by atoms with van der Waals surface area (Å²) in [7, 11) is 0. The molecule has 0 saturated carbocycles. The van der Waals surface area contributed by atoms with E-state index in [4.69, 9.17) is 14.2 Å². The van der Waals surface area contributed by atoms with Gasteiger partial charge in [-0.15, -0.1) is 0 Å². The molecule has 0 fully saturated rings. The second kappa shape index (κ2) is 12.3. The van der Waals surface area contributed by atoms with Gasteiger partial charge in [0.15, 0.2) is 11.5 Å². The second-order valence-corrected chi connectivity index (χ2v) is 7.60. The first-order valence-electron chi connectivity index (χ1n) is 10.2. The third kappa shape index (κ3) is 7.22. The van der Waals surface area contributed by atoms with Gasteiger partial charge in [-0.1, -0.05) is 40.2 Å². The highest BCUT2D eigenvalue weighted by molar-refractivity contribution is 9.10. The Morgan fingerprint density at radius 3 is 2.55 bits per heavy atom. The highest BCUT2D eigenvalue weighted by atomic mass is 79.9. The molecule has 0 aliphatic carbocycles. The number of nitrogens with zero attached hydrogens (tertiary/aromatic N) is 1. The highest BCUT2D eigenvalue weighted by Crippen LogP contribution is 2.34. The van der Waals surface area contributed by atoms with Crippen LogP contribution in [-0.4, -0.2) is 24.7 Å². The second-order valence-electron chi connectivity index (χ2n) is 6.75. The molecule has 0 aliphatic rings. The van der Waals surface area contributed by atoms with Gasteiger partial charge in [0.2, 0.25) is 5.88 Å². The Morgan fingerprint density at radius 1 is 0.968 bits per heavy atom. The Hall–Kier alpha value is -2.64. The van der Waals surface area contributed by atoms with Crippen molar-refractivity contribution >= 4 is 15.9 Å². The van der Waals surface area contributed by atoms with Gasteiger partial charge in [0, 0.05) is 28.8 Å². The van der Waals surface area contributed by atoms with Crippen LogP contribution < -0.4 is 19.5 Å². The molecule has 0 atom stereocenters. The van der Waals surface area contributed by atoms with E-state index < -0.39 is 0 Å². The standard InChI is InChI=1S/C24H26BrFN2O3/c1-2-29-22-14-19(16-27-11-7-13-30-24-10-5-6-12-28-24)20(25)15-23(22)31-17-18-8-3-4-9-21(18)26/h3-6,8-10,12,14-15,27H,2,7,11,13,16-17H2,1H3. The average Bonchev–Trinajstić information content (AvgIpc) is 2.78. The maximum Gasteiger partial charge on any atom is 0.213 e. The van der Waals surface area contributed by atoms with Crippen LogP contribution in [0.15, 0.2) is 65.3 Å². The lowest BCUT2D eigenvalue weighted by molar-refractivity contribution is 0.265. The van der Waals surface area contributed by atoms with Crippen LogP contribution >= 0.6 is 15.9 Å². The molecule has 3 rings (SSSR count). The van der Waals surface area contributed by atoms with Crippen molar-refractivity contribution in [2.45, 2.75) is 26.5 Å². The monoisotopic (exact) mass is 488 g/mol. The number of halogens is 2. The van der Waals surface area contributed by atoms with E-state index in [0.717, 1.165) is 23.0 Å². The van der Waals surface area contributed by atoms with E-state index in [1.165, 1.54) is 6.07 Å². The van der Waals surface area contributed by atoms with Crippen molar-refractivity contribution in [3.05, 3.63) is 82.2 Å². The van der Waals surface area contributed by atoms with E-state index in [0.29, 0.717) is 42.7 Å². The summed E-state index contributed by atoms with van der Waals surface area (Å²) in [5.74, 6) is 1.56. The Bertz CT molecular complexity index is 957. The van der Waals surface area contributed by atoms with Crippen molar-refractivity contribution in [1.82, 2.24) is 10.3 Å². The van der Waals surface area contributed by atoms with Gasteiger partial charge in [0.25, 0.3) is 0 Å². The molecule has 0 spiro atoms. The normalized spacial score (nSPS) is 10.7. The molecule has 0 unspecified atom stereocenters. The summed E-state index contributed by atoms with van der Waals surface area (Å²) >= 11 is 3.60. The summed E-state index contributed by atoms with van der Waals surface area (Å²) < 4.78 is 32.0.